The Kier molecular flexibility index (Phi) is 6.25. The van der Waals surface area contributed by atoms with Crippen molar-refractivity contribution in [2.75, 3.05) is 6.54 Å². The molecule has 1 atom stereocenters. The van der Waals surface area contributed by atoms with Gasteiger partial charge in [-0.05, 0) is 24.7 Å². The smallest absolute Gasteiger partial charge is 0.232 e. The molecule has 0 spiro atoms. The highest BCUT2D eigenvalue weighted by Gasteiger charge is 2.18. The van der Waals surface area contributed by atoms with Crippen LogP contribution in [0.25, 0.3) is 0 Å². The van der Waals surface area contributed by atoms with E-state index in [1.54, 1.807) is 6.92 Å². The number of amides is 1. The SMILES string of the molecule is CC(S)C(=O)NCC(C(C)C)C(C)C. The van der Waals surface area contributed by atoms with Crippen molar-refractivity contribution in [3.05, 3.63) is 0 Å². The summed E-state index contributed by atoms with van der Waals surface area (Å²) in [6, 6.07) is 0. The van der Waals surface area contributed by atoms with Gasteiger partial charge in [0.15, 0.2) is 0 Å². The fourth-order valence-corrected chi connectivity index (χ4v) is 1.70. The maximum Gasteiger partial charge on any atom is 0.232 e. The molecule has 2 nitrogen and oxygen atoms in total. The van der Waals surface area contributed by atoms with Crippen LogP contribution in [0.2, 0.25) is 0 Å². The molecule has 1 unspecified atom stereocenters. The number of nitrogens with one attached hydrogen (secondary N) is 1. The van der Waals surface area contributed by atoms with Gasteiger partial charge < -0.3 is 5.32 Å². The van der Waals surface area contributed by atoms with Crippen molar-refractivity contribution < 1.29 is 4.79 Å². The predicted octanol–water partition coefficient (Wildman–Crippen LogP) is 2.35. The normalized spacial score (nSPS) is 13.8. The summed E-state index contributed by atoms with van der Waals surface area (Å²) in [6.45, 7) is 11.3. The molecule has 0 radical (unpaired) electrons. The first-order chi connectivity index (χ1) is 6.36. The lowest BCUT2D eigenvalue weighted by atomic mass is 9.85. The maximum absolute atomic E-state index is 11.3. The monoisotopic (exact) mass is 217 g/mol. The summed E-state index contributed by atoms with van der Waals surface area (Å²) in [4.78, 5) is 11.3. The average Bonchev–Trinajstić information content (AvgIpc) is 2.02. The van der Waals surface area contributed by atoms with E-state index < -0.39 is 0 Å². The van der Waals surface area contributed by atoms with Crippen LogP contribution in [0.1, 0.15) is 34.6 Å². The Bertz CT molecular complexity index is 170. The lowest BCUT2D eigenvalue weighted by Gasteiger charge is -2.25. The van der Waals surface area contributed by atoms with Crippen LogP contribution in [-0.2, 0) is 4.79 Å². The van der Waals surface area contributed by atoms with Crippen LogP contribution in [0.5, 0.6) is 0 Å². The Morgan fingerprint density at radius 3 is 1.86 bits per heavy atom. The molecule has 0 saturated carbocycles. The van der Waals surface area contributed by atoms with Crippen molar-refractivity contribution in [2.24, 2.45) is 17.8 Å². The Balaban J connectivity index is 4.01. The van der Waals surface area contributed by atoms with Gasteiger partial charge in [-0.3, -0.25) is 4.79 Å². The van der Waals surface area contributed by atoms with E-state index in [1.165, 1.54) is 0 Å². The zero-order valence-electron chi connectivity index (χ0n) is 9.87. The molecule has 0 fully saturated rings. The lowest BCUT2D eigenvalue weighted by Crippen LogP contribution is -2.37. The molecule has 0 bridgehead atoms. The third-order valence-electron chi connectivity index (χ3n) is 2.60. The third-order valence-corrected chi connectivity index (χ3v) is 2.84. The molecule has 0 rings (SSSR count). The number of carbonyl (C=O) groups excluding carboxylic acids is 1. The zero-order chi connectivity index (χ0) is 11.3. The van der Waals surface area contributed by atoms with Crippen molar-refractivity contribution in [3.8, 4) is 0 Å². The van der Waals surface area contributed by atoms with Crippen molar-refractivity contribution in [2.45, 2.75) is 39.9 Å². The van der Waals surface area contributed by atoms with Gasteiger partial charge >= 0.3 is 0 Å². The van der Waals surface area contributed by atoms with Gasteiger partial charge in [0.25, 0.3) is 0 Å². The molecule has 1 amide bonds. The molecule has 0 heterocycles. The first kappa shape index (κ1) is 13.8. The quantitative estimate of drug-likeness (QED) is 0.680. The van der Waals surface area contributed by atoms with E-state index in [9.17, 15) is 4.79 Å². The molecule has 0 saturated heterocycles. The number of hydrogen-bond acceptors (Lipinski definition) is 2. The Labute approximate surface area is 93.3 Å². The third kappa shape index (κ3) is 4.89. The summed E-state index contributed by atoms with van der Waals surface area (Å²) >= 11 is 4.09. The van der Waals surface area contributed by atoms with Gasteiger partial charge in [0.05, 0.1) is 5.25 Å². The molecule has 0 aromatic rings. The fourth-order valence-electron chi connectivity index (χ4n) is 1.61. The largest absolute Gasteiger partial charge is 0.355 e. The summed E-state index contributed by atoms with van der Waals surface area (Å²) in [5.41, 5.74) is 0. The van der Waals surface area contributed by atoms with Gasteiger partial charge in [-0.2, -0.15) is 12.6 Å². The molecule has 3 heteroatoms. The van der Waals surface area contributed by atoms with Gasteiger partial charge in [0.2, 0.25) is 5.91 Å². The summed E-state index contributed by atoms with van der Waals surface area (Å²) in [7, 11) is 0. The zero-order valence-corrected chi connectivity index (χ0v) is 10.8. The van der Waals surface area contributed by atoms with E-state index in [0.717, 1.165) is 6.54 Å². The number of rotatable bonds is 5. The molecule has 84 valence electrons. The summed E-state index contributed by atoms with van der Waals surface area (Å²) in [5, 5.41) is 2.72. The number of carbonyl (C=O) groups is 1. The Morgan fingerprint density at radius 1 is 1.14 bits per heavy atom. The van der Waals surface area contributed by atoms with Crippen molar-refractivity contribution in [3.63, 3.8) is 0 Å². The second-order valence-corrected chi connectivity index (χ2v) is 5.35. The van der Waals surface area contributed by atoms with Crippen molar-refractivity contribution >= 4 is 18.5 Å². The molecule has 0 aliphatic rings. The summed E-state index contributed by atoms with van der Waals surface area (Å²) in [5.74, 6) is 1.78. The first-order valence-corrected chi connectivity index (χ1v) is 5.83. The van der Waals surface area contributed by atoms with E-state index in [0.29, 0.717) is 17.8 Å². The van der Waals surface area contributed by atoms with E-state index in [4.69, 9.17) is 0 Å². The van der Waals surface area contributed by atoms with Crippen molar-refractivity contribution in [1.82, 2.24) is 5.32 Å². The minimum atomic E-state index is -0.213. The van der Waals surface area contributed by atoms with Gasteiger partial charge in [0.1, 0.15) is 0 Å². The molecule has 1 N–H and O–H groups in total. The maximum atomic E-state index is 11.3. The van der Waals surface area contributed by atoms with E-state index in [1.807, 2.05) is 0 Å². The molecular formula is C11H23NOS. The highest BCUT2D eigenvalue weighted by molar-refractivity contribution is 7.81. The average molecular weight is 217 g/mol. The molecule has 0 aromatic carbocycles. The second-order valence-electron chi connectivity index (χ2n) is 4.57. The van der Waals surface area contributed by atoms with Gasteiger partial charge in [0, 0.05) is 6.54 Å². The summed E-state index contributed by atoms with van der Waals surface area (Å²) < 4.78 is 0. The van der Waals surface area contributed by atoms with Crippen LogP contribution in [0, 0.1) is 17.8 Å². The minimum absolute atomic E-state index is 0.0274. The highest BCUT2D eigenvalue weighted by atomic mass is 32.1. The molecular weight excluding hydrogens is 194 g/mol. The molecule has 14 heavy (non-hydrogen) atoms. The summed E-state index contributed by atoms with van der Waals surface area (Å²) in [6.07, 6.45) is 0. The topological polar surface area (TPSA) is 29.1 Å². The molecule has 0 aliphatic heterocycles. The Morgan fingerprint density at radius 2 is 1.57 bits per heavy atom. The van der Waals surface area contributed by atoms with Crippen LogP contribution in [0.3, 0.4) is 0 Å². The van der Waals surface area contributed by atoms with Gasteiger partial charge in [-0.15, -0.1) is 0 Å². The van der Waals surface area contributed by atoms with E-state index >= 15 is 0 Å². The minimum Gasteiger partial charge on any atom is -0.355 e. The first-order valence-electron chi connectivity index (χ1n) is 5.32. The van der Waals surface area contributed by atoms with Crippen LogP contribution < -0.4 is 5.32 Å². The molecule has 0 aromatic heterocycles. The lowest BCUT2D eigenvalue weighted by molar-refractivity contribution is -0.120. The van der Waals surface area contributed by atoms with E-state index in [-0.39, 0.29) is 11.2 Å². The fraction of sp³-hybridized carbons (Fsp3) is 0.909. The van der Waals surface area contributed by atoms with Crippen LogP contribution in [0.4, 0.5) is 0 Å². The standard InChI is InChI=1S/C11H23NOS/c1-7(2)10(8(3)4)6-12-11(13)9(5)14/h7-10,14H,6H2,1-5H3,(H,12,13). The predicted molar refractivity (Wildman–Crippen MR) is 64.6 cm³/mol. The Hall–Kier alpha value is -0.180. The van der Waals surface area contributed by atoms with E-state index in [2.05, 4.69) is 45.6 Å². The highest BCUT2D eigenvalue weighted by Crippen LogP contribution is 2.19. The number of hydrogen-bond donors (Lipinski definition) is 2. The van der Waals surface area contributed by atoms with Crippen LogP contribution in [0.15, 0.2) is 0 Å². The van der Waals surface area contributed by atoms with Crippen LogP contribution in [-0.4, -0.2) is 17.7 Å². The van der Waals surface area contributed by atoms with Crippen molar-refractivity contribution in [1.29, 1.82) is 0 Å². The molecule has 0 aliphatic carbocycles. The van der Waals surface area contributed by atoms with Gasteiger partial charge in [-0.1, -0.05) is 27.7 Å². The number of thiol groups is 1. The van der Waals surface area contributed by atoms with Gasteiger partial charge in [-0.25, -0.2) is 0 Å². The second kappa shape index (κ2) is 6.33. The van der Waals surface area contributed by atoms with Crippen LogP contribution >= 0.6 is 12.6 Å².